The highest BCUT2D eigenvalue weighted by atomic mass is 35.5. The van der Waals surface area contributed by atoms with Crippen LogP contribution in [0.1, 0.15) is 39.9 Å². The Kier molecular flexibility index (Phi) is 6.76. The Morgan fingerprint density at radius 3 is 2.48 bits per heavy atom. The first-order chi connectivity index (χ1) is 16.0. The number of fused-ring (bicyclic) bond motifs is 1. The van der Waals surface area contributed by atoms with E-state index in [0.29, 0.717) is 35.5 Å². The third kappa shape index (κ3) is 4.92. The van der Waals surface area contributed by atoms with Crippen LogP contribution in [0.25, 0.3) is 0 Å². The standard InChI is InChI=1S/C27H24ClN3O2/c1-30(27(33)22-12-14-23(28)15-13-22)24-6-2-4-21-5-3-17-31(26(21)24)25(32)16-11-19-7-9-20(18-29)10-8-19/h2,4,6-10,12-15H,3,5,11,16-17H2,1H3. The van der Waals surface area contributed by atoms with E-state index in [-0.39, 0.29) is 11.8 Å². The second-order valence-electron chi connectivity index (χ2n) is 8.11. The number of nitriles is 1. The average Bonchev–Trinajstić information content (AvgIpc) is 2.86. The number of nitrogens with zero attached hydrogens (tertiary/aromatic N) is 3. The van der Waals surface area contributed by atoms with Crippen molar-refractivity contribution in [2.75, 3.05) is 23.4 Å². The van der Waals surface area contributed by atoms with Crippen LogP contribution >= 0.6 is 11.6 Å². The van der Waals surface area contributed by atoms with Crippen LogP contribution in [0.15, 0.2) is 66.7 Å². The SMILES string of the molecule is CN(C(=O)c1ccc(Cl)cc1)c1cccc2c1N(C(=O)CCc1ccc(C#N)cc1)CCC2. The van der Waals surface area contributed by atoms with Gasteiger partial charge in [-0.05, 0) is 72.9 Å². The molecular formula is C27H24ClN3O2. The number of anilines is 2. The van der Waals surface area contributed by atoms with E-state index in [2.05, 4.69) is 6.07 Å². The summed E-state index contributed by atoms with van der Waals surface area (Å²) in [5, 5.41) is 9.53. The number of hydrogen-bond donors (Lipinski definition) is 0. The zero-order valence-corrected chi connectivity index (χ0v) is 19.2. The summed E-state index contributed by atoms with van der Waals surface area (Å²) in [6, 6.07) is 22.1. The number of benzene rings is 3. The third-order valence-corrected chi connectivity index (χ3v) is 6.22. The van der Waals surface area contributed by atoms with Gasteiger partial charge in [-0.3, -0.25) is 9.59 Å². The van der Waals surface area contributed by atoms with E-state index in [4.69, 9.17) is 16.9 Å². The van der Waals surface area contributed by atoms with Crippen LogP contribution in [0.2, 0.25) is 5.02 Å². The largest absolute Gasteiger partial charge is 0.310 e. The summed E-state index contributed by atoms with van der Waals surface area (Å²) in [5.74, 6) is -0.129. The summed E-state index contributed by atoms with van der Waals surface area (Å²) in [5.41, 5.74) is 4.77. The monoisotopic (exact) mass is 457 g/mol. The zero-order chi connectivity index (χ0) is 23.4. The quantitative estimate of drug-likeness (QED) is 0.515. The van der Waals surface area contributed by atoms with Gasteiger partial charge in [-0.25, -0.2) is 0 Å². The highest BCUT2D eigenvalue weighted by Gasteiger charge is 2.28. The van der Waals surface area contributed by atoms with Crippen molar-refractivity contribution in [2.24, 2.45) is 0 Å². The molecule has 0 radical (unpaired) electrons. The molecule has 1 heterocycles. The van der Waals surface area contributed by atoms with E-state index >= 15 is 0 Å². The fraction of sp³-hybridized carbons (Fsp3) is 0.222. The molecule has 0 unspecified atom stereocenters. The molecule has 6 heteroatoms. The molecule has 0 saturated carbocycles. The molecule has 0 bridgehead atoms. The summed E-state index contributed by atoms with van der Waals surface area (Å²) in [7, 11) is 1.74. The van der Waals surface area contributed by atoms with E-state index in [0.717, 1.165) is 35.3 Å². The van der Waals surface area contributed by atoms with Crippen LogP contribution in [0, 0.1) is 11.3 Å². The number of para-hydroxylation sites is 1. The normalized spacial score (nSPS) is 12.6. The summed E-state index contributed by atoms with van der Waals surface area (Å²) in [6.07, 6.45) is 2.70. The summed E-state index contributed by atoms with van der Waals surface area (Å²) in [6.45, 7) is 0.624. The van der Waals surface area contributed by atoms with E-state index < -0.39 is 0 Å². The van der Waals surface area contributed by atoms with Crippen molar-refractivity contribution in [1.29, 1.82) is 5.26 Å². The van der Waals surface area contributed by atoms with Crippen LogP contribution in [-0.2, 0) is 17.6 Å². The molecule has 4 rings (SSSR count). The Morgan fingerprint density at radius 2 is 1.79 bits per heavy atom. The Hall–Kier alpha value is -3.62. The number of carbonyl (C=O) groups is 2. The third-order valence-electron chi connectivity index (χ3n) is 5.96. The minimum absolute atomic E-state index is 0.0279. The van der Waals surface area contributed by atoms with Gasteiger partial charge in [0.1, 0.15) is 0 Å². The second kappa shape index (κ2) is 9.89. The van der Waals surface area contributed by atoms with Crippen LogP contribution in [0.4, 0.5) is 11.4 Å². The molecule has 1 aliphatic rings. The molecule has 0 spiro atoms. The van der Waals surface area contributed by atoms with Crippen LogP contribution in [0.5, 0.6) is 0 Å². The molecular weight excluding hydrogens is 434 g/mol. The molecule has 0 N–H and O–H groups in total. The number of carbonyl (C=O) groups excluding carboxylic acids is 2. The molecule has 0 aliphatic carbocycles. The molecule has 166 valence electrons. The van der Waals surface area contributed by atoms with Crippen molar-refractivity contribution in [3.63, 3.8) is 0 Å². The first kappa shape index (κ1) is 22.6. The summed E-state index contributed by atoms with van der Waals surface area (Å²) in [4.78, 5) is 29.8. The first-order valence-corrected chi connectivity index (χ1v) is 11.3. The van der Waals surface area contributed by atoms with E-state index in [1.807, 2.05) is 35.2 Å². The Bertz CT molecular complexity index is 1210. The van der Waals surface area contributed by atoms with Gasteiger partial charge in [0.25, 0.3) is 5.91 Å². The number of halogens is 1. The average molecular weight is 458 g/mol. The first-order valence-electron chi connectivity index (χ1n) is 10.9. The van der Waals surface area contributed by atoms with Crippen LogP contribution in [-0.4, -0.2) is 25.4 Å². The lowest BCUT2D eigenvalue weighted by atomic mass is 9.98. The molecule has 33 heavy (non-hydrogen) atoms. The van der Waals surface area contributed by atoms with Crippen molar-refractivity contribution in [3.05, 3.63) is 94.0 Å². The number of aryl methyl sites for hydroxylation is 2. The van der Waals surface area contributed by atoms with Crippen molar-refractivity contribution in [3.8, 4) is 6.07 Å². The Labute approximate surface area is 198 Å². The molecule has 3 aromatic rings. The predicted molar refractivity (Wildman–Crippen MR) is 131 cm³/mol. The van der Waals surface area contributed by atoms with Gasteiger partial charge in [-0.1, -0.05) is 35.9 Å². The maximum Gasteiger partial charge on any atom is 0.258 e. The van der Waals surface area contributed by atoms with Gasteiger partial charge >= 0.3 is 0 Å². The van der Waals surface area contributed by atoms with Gasteiger partial charge in [-0.15, -0.1) is 0 Å². The Balaban J connectivity index is 1.57. The van der Waals surface area contributed by atoms with Crippen molar-refractivity contribution in [2.45, 2.75) is 25.7 Å². The zero-order valence-electron chi connectivity index (χ0n) is 18.4. The minimum atomic E-state index is -0.157. The highest BCUT2D eigenvalue weighted by Crippen LogP contribution is 2.37. The molecule has 3 aromatic carbocycles. The van der Waals surface area contributed by atoms with Crippen molar-refractivity contribution in [1.82, 2.24) is 0 Å². The lowest BCUT2D eigenvalue weighted by molar-refractivity contribution is -0.118. The Morgan fingerprint density at radius 1 is 1.06 bits per heavy atom. The smallest absolute Gasteiger partial charge is 0.258 e. The summed E-state index contributed by atoms with van der Waals surface area (Å²) >= 11 is 5.97. The molecule has 0 saturated heterocycles. The molecule has 1 aliphatic heterocycles. The number of rotatable bonds is 5. The summed E-state index contributed by atoms with van der Waals surface area (Å²) < 4.78 is 0. The second-order valence-corrected chi connectivity index (χ2v) is 8.55. The van der Waals surface area contributed by atoms with Gasteiger partial charge in [0.15, 0.2) is 0 Å². The molecule has 0 aromatic heterocycles. The fourth-order valence-electron chi connectivity index (χ4n) is 4.18. The van der Waals surface area contributed by atoms with E-state index in [1.165, 1.54) is 0 Å². The van der Waals surface area contributed by atoms with Gasteiger partial charge in [0.05, 0.1) is 23.0 Å². The molecule has 0 fully saturated rings. The number of hydrogen-bond acceptors (Lipinski definition) is 3. The predicted octanol–water partition coefficient (Wildman–Crippen LogP) is 5.40. The fourth-order valence-corrected chi connectivity index (χ4v) is 4.30. The van der Waals surface area contributed by atoms with Crippen molar-refractivity contribution >= 4 is 34.8 Å². The highest BCUT2D eigenvalue weighted by molar-refractivity contribution is 6.30. The topological polar surface area (TPSA) is 64.4 Å². The molecule has 2 amide bonds. The van der Waals surface area contributed by atoms with E-state index in [9.17, 15) is 9.59 Å². The maximum atomic E-state index is 13.3. The maximum absolute atomic E-state index is 13.3. The van der Waals surface area contributed by atoms with Gasteiger partial charge in [-0.2, -0.15) is 5.26 Å². The number of amides is 2. The van der Waals surface area contributed by atoms with E-state index in [1.54, 1.807) is 48.3 Å². The minimum Gasteiger partial charge on any atom is -0.310 e. The van der Waals surface area contributed by atoms with Crippen molar-refractivity contribution < 1.29 is 9.59 Å². The van der Waals surface area contributed by atoms with Crippen LogP contribution < -0.4 is 9.80 Å². The lowest BCUT2D eigenvalue weighted by Gasteiger charge is -2.34. The van der Waals surface area contributed by atoms with Gasteiger partial charge in [0.2, 0.25) is 5.91 Å². The molecule has 5 nitrogen and oxygen atoms in total. The molecule has 0 atom stereocenters. The lowest BCUT2D eigenvalue weighted by Crippen LogP contribution is -2.38. The van der Waals surface area contributed by atoms with Gasteiger partial charge in [0, 0.05) is 30.6 Å². The van der Waals surface area contributed by atoms with Gasteiger partial charge < -0.3 is 9.80 Å². The van der Waals surface area contributed by atoms with Crippen LogP contribution in [0.3, 0.4) is 0 Å².